The highest BCUT2D eigenvalue weighted by Crippen LogP contribution is 2.65. The molecule has 2 aromatic carbocycles. The Morgan fingerprint density at radius 2 is 1.82 bits per heavy atom. The first kappa shape index (κ1) is 37.8. The van der Waals surface area contributed by atoms with E-state index in [1.807, 2.05) is 38.6 Å². The molecule has 5 heterocycles. The molecule has 8 rings (SSSR count). The van der Waals surface area contributed by atoms with Crippen molar-refractivity contribution in [2.45, 2.75) is 109 Å². The van der Waals surface area contributed by atoms with Crippen molar-refractivity contribution >= 4 is 53.5 Å². The lowest BCUT2D eigenvalue weighted by atomic mass is 9.97. The number of piperidine rings is 1. The number of aryl methyl sites for hydroxylation is 1. The second kappa shape index (κ2) is 13.5. The predicted molar refractivity (Wildman–Crippen MR) is 222 cm³/mol. The number of rotatable bonds is 8. The molecular weight excluding hydrogens is 727 g/mol. The SMILES string of the molecule is Cc1csc(C2(CN(C(=O)O)C(C)(C)C)C3CCN(c4cnc5c(-c6ccc(O[Si](C)(C)C(C)(C)C)c7ccccc67)nn(C6CCCCO6)c5n4)CC32)n1. The first-order valence-electron chi connectivity index (χ1n) is 19.8. The van der Waals surface area contributed by atoms with Crippen LogP contribution in [0.1, 0.15) is 84.2 Å². The van der Waals surface area contributed by atoms with E-state index in [0.29, 0.717) is 19.1 Å². The summed E-state index contributed by atoms with van der Waals surface area (Å²) in [5.74, 6) is 2.30. The Kier molecular flexibility index (Phi) is 9.32. The van der Waals surface area contributed by atoms with Gasteiger partial charge < -0.3 is 24.1 Å². The number of aromatic nitrogens is 5. The van der Waals surface area contributed by atoms with Crippen LogP contribution in [0.25, 0.3) is 33.2 Å². The van der Waals surface area contributed by atoms with Crippen molar-refractivity contribution in [1.82, 2.24) is 29.6 Å². The predicted octanol–water partition coefficient (Wildman–Crippen LogP) is 9.67. The molecule has 2 aliphatic heterocycles. The topological polar surface area (TPSA) is 119 Å². The minimum atomic E-state index is -2.09. The van der Waals surface area contributed by atoms with Gasteiger partial charge in [-0.25, -0.2) is 24.4 Å². The van der Waals surface area contributed by atoms with E-state index in [-0.39, 0.29) is 22.6 Å². The van der Waals surface area contributed by atoms with Crippen LogP contribution >= 0.6 is 11.3 Å². The zero-order valence-corrected chi connectivity index (χ0v) is 35.5. The smallest absolute Gasteiger partial charge is 0.407 e. The Bertz CT molecular complexity index is 2250. The van der Waals surface area contributed by atoms with Gasteiger partial charge in [-0.1, -0.05) is 45.0 Å². The third-order valence-corrected chi connectivity index (χ3v) is 18.3. The van der Waals surface area contributed by atoms with Crippen LogP contribution in [0.3, 0.4) is 0 Å². The van der Waals surface area contributed by atoms with Gasteiger partial charge in [0.2, 0.25) is 0 Å². The van der Waals surface area contributed by atoms with E-state index >= 15 is 0 Å². The zero-order chi connectivity index (χ0) is 39.1. The molecule has 292 valence electrons. The van der Waals surface area contributed by atoms with Crippen LogP contribution in [0, 0.1) is 18.8 Å². The second-order valence-electron chi connectivity index (χ2n) is 18.4. The van der Waals surface area contributed by atoms with Crippen LogP contribution in [0.15, 0.2) is 48.0 Å². The molecule has 1 saturated carbocycles. The van der Waals surface area contributed by atoms with Gasteiger partial charge in [-0.2, -0.15) is 5.10 Å². The Labute approximate surface area is 329 Å². The summed E-state index contributed by atoms with van der Waals surface area (Å²) in [7, 11) is -2.09. The van der Waals surface area contributed by atoms with Gasteiger partial charge in [-0.3, -0.25) is 0 Å². The fourth-order valence-corrected chi connectivity index (χ4v) is 10.7. The summed E-state index contributed by atoms with van der Waals surface area (Å²) in [5, 5.41) is 20.9. The van der Waals surface area contributed by atoms with E-state index in [2.05, 4.69) is 80.5 Å². The lowest BCUT2D eigenvalue weighted by Crippen LogP contribution is -2.49. The summed E-state index contributed by atoms with van der Waals surface area (Å²) in [5.41, 5.74) is 3.36. The molecule has 3 aliphatic rings. The Balaban J connectivity index is 1.17. The number of amides is 1. The van der Waals surface area contributed by atoms with Crippen molar-refractivity contribution in [3.63, 3.8) is 0 Å². The van der Waals surface area contributed by atoms with E-state index in [9.17, 15) is 9.90 Å². The number of hydrogen-bond donors (Lipinski definition) is 1. The highest BCUT2D eigenvalue weighted by molar-refractivity contribution is 7.09. The largest absolute Gasteiger partial charge is 0.543 e. The molecule has 2 saturated heterocycles. The van der Waals surface area contributed by atoms with E-state index in [4.69, 9.17) is 29.2 Å². The van der Waals surface area contributed by atoms with Gasteiger partial charge in [-0.15, -0.1) is 11.3 Å². The average Bonchev–Trinajstić information content (AvgIpc) is 3.35. The number of benzene rings is 2. The van der Waals surface area contributed by atoms with E-state index in [1.54, 1.807) is 16.2 Å². The van der Waals surface area contributed by atoms with Crippen LogP contribution in [0.4, 0.5) is 10.6 Å². The maximum Gasteiger partial charge on any atom is 0.407 e. The summed E-state index contributed by atoms with van der Waals surface area (Å²) in [6.07, 6.45) is 4.66. The quantitative estimate of drug-likeness (QED) is 0.154. The number of hydrogen-bond acceptors (Lipinski definition) is 9. The number of fused-ring (bicyclic) bond motifs is 3. The highest BCUT2D eigenvalue weighted by Gasteiger charge is 2.69. The molecule has 1 N–H and O–H groups in total. The third-order valence-electron chi connectivity index (χ3n) is 12.8. The molecule has 3 aromatic heterocycles. The van der Waals surface area contributed by atoms with Crippen LogP contribution in [-0.4, -0.2) is 80.9 Å². The molecule has 0 radical (unpaired) electrons. The standard InChI is InChI=1S/C42H55N7O4SSi/c1-26-24-54-38(44-26)42(25-48(39(50)51)40(2,3)4)30-19-20-47(23-31(30)42)33-22-43-36-35(46-49(37(36)45-33)34-16-12-13-21-52-34)29-17-18-32(28-15-11-10-14-27(28)29)53-55(8,9)41(5,6)7/h10-11,14-15,17-18,22,24,30-31,34H,12-13,16,19-21,23,25H2,1-9H3,(H,50,51). The summed E-state index contributed by atoms with van der Waals surface area (Å²) in [6, 6.07) is 12.7. The molecule has 4 atom stereocenters. The zero-order valence-electron chi connectivity index (χ0n) is 33.7. The van der Waals surface area contributed by atoms with Crippen molar-refractivity contribution in [3.8, 4) is 17.0 Å². The maximum atomic E-state index is 12.6. The minimum Gasteiger partial charge on any atom is -0.543 e. The Morgan fingerprint density at radius 1 is 1.05 bits per heavy atom. The van der Waals surface area contributed by atoms with Crippen molar-refractivity contribution in [1.29, 1.82) is 0 Å². The van der Waals surface area contributed by atoms with Gasteiger partial charge in [0, 0.05) is 59.2 Å². The number of carboxylic acid groups (broad SMARTS) is 1. The van der Waals surface area contributed by atoms with Gasteiger partial charge in [0.25, 0.3) is 8.32 Å². The Morgan fingerprint density at radius 3 is 2.47 bits per heavy atom. The number of anilines is 1. The molecule has 3 fully saturated rings. The fourth-order valence-electron chi connectivity index (χ4n) is 8.57. The van der Waals surface area contributed by atoms with Gasteiger partial charge in [0.1, 0.15) is 27.8 Å². The van der Waals surface area contributed by atoms with Crippen LogP contribution < -0.4 is 9.33 Å². The van der Waals surface area contributed by atoms with Gasteiger partial charge in [0.05, 0.1) is 6.20 Å². The molecule has 11 nitrogen and oxygen atoms in total. The van der Waals surface area contributed by atoms with Crippen LogP contribution in [-0.2, 0) is 10.2 Å². The summed E-state index contributed by atoms with van der Waals surface area (Å²) in [4.78, 5) is 32.0. The van der Waals surface area contributed by atoms with Gasteiger partial charge >= 0.3 is 6.09 Å². The number of nitrogens with zero attached hydrogens (tertiary/aromatic N) is 7. The van der Waals surface area contributed by atoms with E-state index < -0.39 is 19.9 Å². The number of carbonyl (C=O) groups is 1. The number of thiazole rings is 1. The van der Waals surface area contributed by atoms with Crippen molar-refractivity contribution in [2.24, 2.45) is 11.8 Å². The van der Waals surface area contributed by atoms with Crippen LogP contribution in [0.5, 0.6) is 5.75 Å². The van der Waals surface area contributed by atoms with Gasteiger partial charge in [-0.05, 0) is 101 Å². The van der Waals surface area contributed by atoms with Crippen LogP contribution in [0.2, 0.25) is 18.1 Å². The monoisotopic (exact) mass is 781 g/mol. The highest BCUT2D eigenvalue weighted by atomic mass is 32.1. The average molecular weight is 782 g/mol. The fraction of sp³-hybridized carbons (Fsp3) is 0.548. The lowest BCUT2D eigenvalue weighted by molar-refractivity contribution is -0.0368. The first-order chi connectivity index (χ1) is 26.0. The molecular formula is C42H55N7O4SSi. The molecule has 5 aromatic rings. The summed E-state index contributed by atoms with van der Waals surface area (Å²) >= 11 is 1.66. The van der Waals surface area contributed by atoms with Crippen molar-refractivity contribution < 1.29 is 19.1 Å². The maximum absolute atomic E-state index is 12.6. The molecule has 1 aliphatic carbocycles. The lowest BCUT2D eigenvalue weighted by Gasteiger charge is -2.36. The molecule has 1 amide bonds. The Hall–Kier alpha value is -4.07. The molecule has 13 heteroatoms. The van der Waals surface area contributed by atoms with E-state index in [0.717, 1.165) is 94.2 Å². The third kappa shape index (κ3) is 6.59. The number of ether oxygens (including phenoxy) is 1. The molecule has 0 spiro atoms. The minimum absolute atomic E-state index is 0.0659. The summed E-state index contributed by atoms with van der Waals surface area (Å²) in [6.45, 7) is 22.0. The normalized spacial score (nSPS) is 23.2. The summed E-state index contributed by atoms with van der Waals surface area (Å²) < 4.78 is 15.2. The van der Waals surface area contributed by atoms with Gasteiger partial charge in [0.15, 0.2) is 11.9 Å². The molecule has 0 bridgehead atoms. The first-order valence-corrected chi connectivity index (χ1v) is 23.5. The molecule has 55 heavy (non-hydrogen) atoms. The van der Waals surface area contributed by atoms with E-state index in [1.165, 1.54) is 0 Å². The molecule has 4 unspecified atom stereocenters. The van der Waals surface area contributed by atoms with Crippen molar-refractivity contribution in [2.75, 3.05) is 31.1 Å². The second-order valence-corrected chi connectivity index (χ2v) is 23.9. The van der Waals surface area contributed by atoms with Crippen molar-refractivity contribution in [3.05, 3.63) is 58.7 Å².